The lowest BCUT2D eigenvalue weighted by atomic mass is 10.1. The average molecular weight is 390 g/mol. The minimum Gasteiger partial charge on any atom is -0.462 e. The number of benzene rings is 2. The molecular formula is C20H20F2N2O4. The van der Waals surface area contributed by atoms with E-state index in [0.717, 1.165) is 12.1 Å². The van der Waals surface area contributed by atoms with E-state index in [-0.39, 0.29) is 36.5 Å². The Morgan fingerprint density at radius 1 is 1.07 bits per heavy atom. The number of rotatable bonds is 7. The first-order valence-electron chi connectivity index (χ1n) is 8.62. The third-order valence-corrected chi connectivity index (χ3v) is 3.85. The fraction of sp³-hybridized carbons (Fsp3) is 0.250. The smallest absolute Gasteiger partial charge is 0.340 e. The first-order chi connectivity index (χ1) is 13.3. The molecule has 0 saturated carbocycles. The average Bonchev–Trinajstić information content (AvgIpc) is 2.65. The van der Waals surface area contributed by atoms with E-state index in [1.807, 2.05) is 0 Å². The summed E-state index contributed by atoms with van der Waals surface area (Å²) in [5.41, 5.74) is 0.640. The summed E-state index contributed by atoms with van der Waals surface area (Å²) < 4.78 is 31.5. The van der Waals surface area contributed by atoms with Crippen LogP contribution < -0.4 is 10.2 Å². The fourth-order valence-electron chi connectivity index (χ4n) is 2.53. The normalized spacial score (nSPS) is 10.3. The summed E-state index contributed by atoms with van der Waals surface area (Å²) >= 11 is 0. The number of nitrogens with zero attached hydrogens (tertiary/aromatic N) is 1. The maximum atomic E-state index is 13.4. The summed E-state index contributed by atoms with van der Waals surface area (Å²) in [4.78, 5) is 37.3. The first-order valence-corrected chi connectivity index (χ1v) is 8.62. The van der Waals surface area contributed by atoms with E-state index in [0.29, 0.717) is 0 Å². The highest BCUT2D eigenvalue weighted by Gasteiger charge is 2.17. The number of amides is 2. The predicted molar refractivity (Wildman–Crippen MR) is 100 cm³/mol. The number of anilines is 2. The Labute approximate surface area is 161 Å². The van der Waals surface area contributed by atoms with Crippen molar-refractivity contribution < 1.29 is 27.9 Å². The van der Waals surface area contributed by atoms with Gasteiger partial charge in [-0.15, -0.1) is 0 Å². The Morgan fingerprint density at radius 3 is 2.43 bits per heavy atom. The van der Waals surface area contributed by atoms with Gasteiger partial charge in [0.25, 0.3) is 0 Å². The fourth-order valence-corrected chi connectivity index (χ4v) is 2.53. The molecule has 2 amide bonds. The molecule has 0 radical (unpaired) electrons. The number of para-hydroxylation sites is 1. The Balaban J connectivity index is 2.07. The van der Waals surface area contributed by atoms with Crippen LogP contribution in [0.4, 0.5) is 20.2 Å². The summed E-state index contributed by atoms with van der Waals surface area (Å²) in [5.74, 6) is -3.56. The zero-order valence-corrected chi connectivity index (χ0v) is 15.5. The second kappa shape index (κ2) is 9.59. The lowest BCUT2D eigenvalue weighted by Crippen LogP contribution is -2.32. The molecule has 2 rings (SSSR count). The van der Waals surface area contributed by atoms with Crippen LogP contribution in [0.5, 0.6) is 0 Å². The van der Waals surface area contributed by atoms with Crippen LogP contribution in [-0.2, 0) is 14.3 Å². The maximum Gasteiger partial charge on any atom is 0.340 e. The van der Waals surface area contributed by atoms with Crippen molar-refractivity contribution in [1.82, 2.24) is 0 Å². The Bertz CT molecular complexity index is 886. The molecule has 0 saturated heterocycles. The van der Waals surface area contributed by atoms with Gasteiger partial charge in [-0.05, 0) is 31.2 Å². The van der Waals surface area contributed by atoms with Crippen LogP contribution in [0.3, 0.4) is 0 Å². The molecule has 28 heavy (non-hydrogen) atoms. The highest BCUT2D eigenvalue weighted by Crippen LogP contribution is 2.20. The van der Waals surface area contributed by atoms with Crippen LogP contribution in [0.2, 0.25) is 0 Å². The Hall–Kier alpha value is -3.29. The molecule has 0 aliphatic heterocycles. The lowest BCUT2D eigenvalue weighted by molar-refractivity contribution is -0.117. The molecule has 0 unspecified atom stereocenters. The van der Waals surface area contributed by atoms with Crippen molar-refractivity contribution in [2.75, 3.05) is 23.4 Å². The summed E-state index contributed by atoms with van der Waals surface area (Å²) in [7, 11) is 0. The van der Waals surface area contributed by atoms with Gasteiger partial charge in [-0.2, -0.15) is 0 Å². The number of hydrogen-bond donors (Lipinski definition) is 1. The SMILES string of the molecule is CCOC(=O)c1ccccc1NC(=O)CCN(C(C)=O)c1ccc(F)c(F)c1. The third kappa shape index (κ3) is 5.35. The quantitative estimate of drug-likeness (QED) is 0.734. The minimum atomic E-state index is -1.09. The van der Waals surface area contributed by atoms with E-state index < -0.39 is 29.4 Å². The minimum absolute atomic E-state index is 0.0478. The number of carbonyl (C=O) groups is 3. The van der Waals surface area contributed by atoms with Gasteiger partial charge in [-0.25, -0.2) is 13.6 Å². The Kier molecular flexibility index (Phi) is 7.20. The summed E-state index contributed by atoms with van der Waals surface area (Å²) in [5, 5.41) is 2.60. The molecule has 8 heteroatoms. The molecule has 1 N–H and O–H groups in total. The van der Waals surface area contributed by atoms with Gasteiger partial charge in [0, 0.05) is 31.6 Å². The molecule has 0 fully saturated rings. The number of carbonyl (C=O) groups excluding carboxylic acids is 3. The van der Waals surface area contributed by atoms with Crippen molar-refractivity contribution >= 4 is 29.2 Å². The van der Waals surface area contributed by atoms with Crippen molar-refractivity contribution in [2.45, 2.75) is 20.3 Å². The van der Waals surface area contributed by atoms with E-state index in [4.69, 9.17) is 4.74 Å². The van der Waals surface area contributed by atoms with Gasteiger partial charge in [0.1, 0.15) is 0 Å². The molecule has 0 bridgehead atoms. The van der Waals surface area contributed by atoms with Crippen molar-refractivity contribution in [2.24, 2.45) is 0 Å². The molecule has 6 nitrogen and oxygen atoms in total. The van der Waals surface area contributed by atoms with Crippen molar-refractivity contribution in [3.05, 3.63) is 59.7 Å². The number of halogens is 2. The molecule has 0 aliphatic rings. The molecule has 0 heterocycles. The van der Waals surface area contributed by atoms with Gasteiger partial charge in [-0.1, -0.05) is 12.1 Å². The van der Waals surface area contributed by atoms with Gasteiger partial charge < -0.3 is 15.0 Å². The van der Waals surface area contributed by atoms with Gasteiger partial charge in [0.2, 0.25) is 11.8 Å². The molecule has 148 valence electrons. The zero-order chi connectivity index (χ0) is 20.7. The molecule has 0 aliphatic carbocycles. The first kappa shape index (κ1) is 21.0. The molecule has 0 spiro atoms. The lowest BCUT2D eigenvalue weighted by Gasteiger charge is -2.21. The number of esters is 1. The number of ether oxygens (including phenoxy) is 1. The van der Waals surface area contributed by atoms with E-state index in [9.17, 15) is 23.2 Å². The highest BCUT2D eigenvalue weighted by atomic mass is 19.2. The zero-order valence-electron chi connectivity index (χ0n) is 15.5. The predicted octanol–water partition coefficient (Wildman–Crippen LogP) is 3.52. The molecular weight excluding hydrogens is 370 g/mol. The van der Waals surface area contributed by atoms with Crippen LogP contribution in [0.1, 0.15) is 30.6 Å². The van der Waals surface area contributed by atoms with Crippen LogP contribution >= 0.6 is 0 Å². The molecule has 0 atom stereocenters. The number of nitrogens with one attached hydrogen (secondary N) is 1. The summed E-state index contributed by atoms with van der Waals surface area (Å²) in [6, 6.07) is 9.44. The third-order valence-electron chi connectivity index (χ3n) is 3.85. The molecule has 0 aromatic heterocycles. The highest BCUT2D eigenvalue weighted by molar-refractivity contribution is 6.01. The van der Waals surface area contributed by atoms with Crippen molar-refractivity contribution in [1.29, 1.82) is 0 Å². The second-order valence-electron chi connectivity index (χ2n) is 5.83. The molecule has 2 aromatic carbocycles. The van der Waals surface area contributed by atoms with Crippen LogP contribution in [0, 0.1) is 11.6 Å². The van der Waals surface area contributed by atoms with E-state index in [2.05, 4.69) is 5.32 Å². The largest absolute Gasteiger partial charge is 0.462 e. The van der Waals surface area contributed by atoms with Crippen LogP contribution in [0.25, 0.3) is 0 Å². The van der Waals surface area contributed by atoms with Crippen LogP contribution in [0.15, 0.2) is 42.5 Å². The van der Waals surface area contributed by atoms with Gasteiger partial charge in [0.15, 0.2) is 11.6 Å². The molecule has 2 aromatic rings. The Morgan fingerprint density at radius 2 is 1.79 bits per heavy atom. The maximum absolute atomic E-state index is 13.4. The van der Waals surface area contributed by atoms with Crippen LogP contribution in [-0.4, -0.2) is 30.9 Å². The van der Waals surface area contributed by atoms with Gasteiger partial charge in [0.05, 0.1) is 17.9 Å². The second-order valence-corrected chi connectivity index (χ2v) is 5.83. The van der Waals surface area contributed by atoms with Crippen molar-refractivity contribution in [3.63, 3.8) is 0 Å². The van der Waals surface area contributed by atoms with Gasteiger partial charge in [-0.3, -0.25) is 9.59 Å². The van der Waals surface area contributed by atoms with Crippen molar-refractivity contribution in [3.8, 4) is 0 Å². The number of hydrogen-bond acceptors (Lipinski definition) is 4. The summed E-state index contributed by atoms with van der Waals surface area (Å²) in [6.45, 7) is 3.08. The van der Waals surface area contributed by atoms with E-state index in [1.165, 1.54) is 24.0 Å². The summed E-state index contributed by atoms with van der Waals surface area (Å²) in [6.07, 6.45) is -0.115. The standard InChI is InChI=1S/C20H20F2N2O4/c1-3-28-20(27)15-6-4-5-7-18(15)23-19(26)10-11-24(13(2)25)14-8-9-16(21)17(22)12-14/h4-9,12H,3,10-11H2,1-2H3,(H,23,26). The van der Waals surface area contributed by atoms with E-state index in [1.54, 1.807) is 25.1 Å². The monoisotopic (exact) mass is 390 g/mol. The van der Waals surface area contributed by atoms with E-state index >= 15 is 0 Å². The topological polar surface area (TPSA) is 75.7 Å². The van der Waals surface area contributed by atoms with Gasteiger partial charge >= 0.3 is 5.97 Å².